The maximum atomic E-state index is 13.1. The first-order valence-corrected chi connectivity index (χ1v) is 11.3. The normalized spacial score (nSPS) is 15.2. The molecule has 0 aliphatic carbocycles. The maximum absolute atomic E-state index is 13.1. The Kier molecular flexibility index (Phi) is 7.60. The van der Waals surface area contributed by atoms with Gasteiger partial charge in [-0.2, -0.15) is 8.78 Å². The van der Waals surface area contributed by atoms with Crippen LogP contribution in [-0.2, 0) is 16.0 Å². The van der Waals surface area contributed by atoms with Crippen molar-refractivity contribution in [2.75, 3.05) is 19.0 Å². The van der Waals surface area contributed by atoms with Crippen LogP contribution in [0.5, 0.6) is 11.5 Å². The lowest BCUT2D eigenvalue weighted by molar-refractivity contribution is -0.136. The molecule has 1 heterocycles. The molecule has 4 rings (SSSR count). The van der Waals surface area contributed by atoms with E-state index in [0.717, 1.165) is 12.0 Å². The number of carbonyl (C=O) groups excluding carboxylic acids is 2. The molecular formula is C27H26F2N2O4. The quantitative estimate of drug-likeness (QED) is 0.485. The molecule has 0 radical (unpaired) electrons. The number of methoxy groups -OCH3 is 1. The zero-order valence-corrected chi connectivity index (χ0v) is 19.2. The van der Waals surface area contributed by atoms with Crippen LogP contribution in [0, 0.1) is 0 Å². The zero-order valence-electron chi connectivity index (χ0n) is 19.2. The molecule has 1 aliphatic heterocycles. The first-order valence-electron chi connectivity index (χ1n) is 11.3. The Morgan fingerprint density at radius 3 is 2.49 bits per heavy atom. The van der Waals surface area contributed by atoms with Gasteiger partial charge in [0, 0.05) is 17.8 Å². The molecule has 1 saturated heterocycles. The van der Waals surface area contributed by atoms with Crippen molar-refractivity contribution >= 4 is 17.5 Å². The molecule has 182 valence electrons. The Morgan fingerprint density at radius 2 is 1.80 bits per heavy atom. The van der Waals surface area contributed by atoms with E-state index in [-0.39, 0.29) is 24.0 Å². The minimum atomic E-state index is -2.99. The maximum Gasteiger partial charge on any atom is 0.387 e. The number of ether oxygens (including phenoxy) is 2. The predicted molar refractivity (Wildman–Crippen MR) is 129 cm³/mol. The molecule has 1 fully saturated rings. The second-order valence-corrected chi connectivity index (χ2v) is 8.21. The first-order chi connectivity index (χ1) is 16.9. The number of benzene rings is 3. The number of anilines is 1. The fourth-order valence-electron chi connectivity index (χ4n) is 4.24. The third-order valence-corrected chi connectivity index (χ3v) is 5.94. The van der Waals surface area contributed by atoms with Crippen molar-refractivity contribution in [1.29, 1.82) is 0 Å². The van der Waals surface area contributed by atoms with Crippen LogP contribution in [0.2, 0.25) is 0 Å². The Balaban J connectivity index is 1.52. The van der Waals surface area contributed by atoms with Gasteiger partial charge in [-0.25, -0.2) is 0 Å². The lowest BCUT2D eigenvalue weighted by Gasteiger charge is -2.24. The van der Waals surface area contributed by atoms with Crippen LogP contribution >= 0.6 is 0 Å². The average Bonchev–Trinajstić information content (AvgIpc) is 3.36. The summed E-state index contributed by atoms with van der Waals surface area (Å²) < 4.78 is 35.8. The summed E-state index contributed by atoms with van der Waals surface area (Å²) in [7, 11) is 1.54. The third-order valence-electron chi connectivity index (χ3n) is 5.94. The summed E-state index contributed by atoms with van der Waals surface area (Å²) in [6.45, 7) is -2.47. The van der Waals surface area contributed by atoms with Gasteiger partial charge in [-0.05, 0) is 54.3 Å². The molecule has 1 aliphatic rings. The Morgan fingerprint density at radius 1 is 1.06 bits per heavy atom. The number of carbonyl (C=O) groups is 2. The number of hydrogen-bond acceptors (Lipinski definition) is 4. The Bertz CT molecular complexity index is 1170. The van der Waals surface area contributed by atoms with Crippen LogP contribution < -0.4 is 14.8 Å². The van der Waals surface area contributed by atoms with E-state index in [2.05, 4.69) is 5.32 Å². The lowest BCUT2D eigenvalue weighted by Crippen LogP contribution is -2.43. The van der Waals surface area contributed by atoms with E-state index in [1.807, 2.05) is 30.3 Å². The van der Waals surface area contributed by atoms with Crippen molar-refractivity contribution in [1.82, 2.24) is 4.90 Å². The smallest absolute Gasteiger partial charge is 0.387 e. The van der Waals surface area contributed by atoms with Gasteiger partial charge in [0.2, 0.25) is 11.8 Å². The van der Waals surface area contributed by atoms with Crippen molar-refractivity contribution in [2.45, 2.75) is 31.9 Å². The molecule has 1 atom stereocenters. The van der Waals surface area contributed by atoms with E-state index < -0.39 is 12.7 Å². The molecule has 35 heavy (non-hydrogen) atoms. The average molecular weight is 481 g/mol. The second-order valence-electron chi connectivity index (χ2n) is 8.21. The van der Waals surface area contributed by atoms with Crippen molar-refractivity contribution in [3.8, 4) is 22.6 Å². The summed E-state index contributed by atoms with van der Waals surface area (Å²) in [5, 5.41) is 2.85. The summed E-state index contributed by atoms with van der Waals surface area (Å²) in [5.41, 5.74) is 2.33. The van der Waals surface area contributed by atoms with Gasteiger partial charge < -0.3 is 19.7 Å². The fraction of sp³-hybridized carbons (Fsp3) is 0.259. The van der Waals surface area contributed by atoms with E-state index >= 15 is 0 Å². The number of alkyl halides is 2. The van der Waals surface area contributed by atoms with Gasteiger partial charge >= 0.3 is 6.61 Å². The van der Waals surface area contributed by atoms with Crippen LogP contribution in [0.25, 0.3) is 11.1 Å². The molecule has 0 saturated carbocycles. The predicted octanol–water partition coefficient (Wildman–Crippen LogP) is 5.14. The Hall–Kier alpha value is -3.94. The molecule has 1 unspecified atom stereocenters. The molecule has 8 heteroatoms. The van der Waals surface area contributed by atoms with Crippen LogP contribution in [-0.4, -0.2) is 43.0 Å². The summed E-state index contributed by atoms with van der Waals surface area (Å²) in [6, 6.07) is 20.2. The Labute approximate surface area is 202 Å². The largest absolute Gasteiger partial charge is 0.497 e. The van der Waals surface area contributed by atoms with E-state index in [1.54, 1.807) is 35.2 Å². The van der Waals surface area contributed by atoms with E-state index in [0.29, 0.717) is 35.5 Å². The number of rotatable bonds is 8. The lowest BCUT2D eigenvalue weighted by atomic mass is 10.0. The van der Waals surface area contributed by atoms with Gasteiger partial charge in [-0.1, -0.05) is 42.5 Å². The molecule has 1 N–H and O–H groups in total. The highest BCUT2D eigenvalue weighted by Crippen LogP contribution is 2.35. The summed E-state index contributed by atoms with van der Waals surface area (Å²) in [6.07, 6.45) is 1.52. The number of likely N-dealkylation sites (tertiary alicyclic amines) is 1. The SMILES string of the molecule is COc1ccc(-c2cc(NC(=O)C3CCCN3C(=O)Cc3ccccc3)ccc2OC(F)F)cc1. The van der Waals surface area contributed by atoms with E-state index in [1.165, 1.54) is 19.2 Å². The second kappa shape index (κ2) is 11.0. The fourth-order valence-corrected chi connectivity index (χ4v) is 4.24. The van der Waals surface area contributed by atoms with Crippen molar-refractivity contribution in [3.63, 3.8) is 0 Å². The van der Waals surface area contributed by atoms with Crippen LogP contribution in [0.15, 0.2) is 72.8 Å². The number of hydrogen-bond donors (Lipinski definition) is 1. The van der Waals surface area contributed by atoms with Gasteiger partial charge in [-0.3, -0.25) is 9.59 Å². The topological polar surface area (TPSA) is 67.9 Å². The summed E-state index contributed by atoms with van der Waals surface area (Å²) in [4.78, 5) is 27.6. The van der Waals surface area contributed by atoms with Gasteiger partial charge in [0.15, 0.2) is 0 Å². The van der Waals surface area contributed by atoms with Crippen LogP contribution in [0.3, 0.4) is 0 Å². The van der Waals surface area contributed by atoms with Gasteiger partial charge in [0.1, 0.15) is 17.5 Å². The van der Waals surface area contributed by atoms with Gasteiger partial charge in [0.25, 0.3) is 0 Å². The summed E-state index contributed by atoms with van der Waals surface area (Å²) in [5.74, 6) is 0.195. The zero-order chi connectivity index (χ0) is 24.8. The van der Waals surface area contributed by atoms with Gasteiger partial charge in [0.05, 0.1) is 13.5 Å². The highest BCUT2D eigenvalue weighted by Gasteiger charge is 2.34. The van der Waals surface area contributed by atoms with E-state index in [9.17, 15) is 18.4 Å². The number of amides is 2. The van der Waals surface area contributed by atoms with Crippen molar-refractivity contribution < 1.29 is 27.8 Å². The molecule has 6 nitrogen and oxygen atoms in total. The molecule has 2 amide bonds. The number of nitrogens with zero attached hydrogens (tertiary/aromatic N) is 1. The summed E-state index contributed by atoms with van der Waals surface area (Å²) >= 11 is 0. The molecule has 3 aromatic carbocycles. The van der Waals surface area contributed by atoms with E-state index in [4.69, 9.17) is 9.47 Å². The molecular weight excluding hydrogens is 454 g/mol. The standard InChI is InChI=1S/C27H26F2N2O4/c1-34-21-12-9-19(10-13-21)22-17-20(11-14-24(22)35-27(28)29)30-26(33)23-8-5-15-31(23)25(32)16-18-6-3-2-4-7-18/h2-4,6-7,9-14,17,23,27H,5,8,15-16H2,1H3,(H,30,33). The first kappa shape index (κ1) is 24.2. The number of halogens is 2. The monoisotopic (exact) mass is 480 g/mol. The van der Waals surface area contributed by atoms with Crippen LogP contribution in [0.4, 0.5) is 14.5 Å². The van der Waals surface area contributed by atoms with Crippen molar-refractivity contribution in [3.05, 3.63) is 78.4 Å². The van der Waals surface area contributed by atoms with Gasteiger partial charge in [-0.15, -0.1) is 0 Å². The number of nitrogens with one attached hydrogen (secondary N) is 1. The third kappa shape index (κ3) is 5.95. The highest BCUT2D eigenvalue weighted by atomic mass is 19.3. The molecule has 0 aromatic heterocycles. The minimum absolute atomic E-state index is 0.0105. The highest BCUT2D eigenvalue weighted by molar-refractivity contribution is 5.98. The molecule has 0 spiro atoms. The van der Waals surface area contributed by atoms with Crippen molar-refractivity contribution in [2.24, 2.45) is 0 Å². The minimum Gasteiger partial charge on any atom is -0.497 e. The molecule has 0 bridgehead atoms. The molecule has 3 aromatic rings. The van der Waals surface area contributed by atoms with Crippen LogP contribution in [0.1, 0.15) is 18.4 Å².